The van der Waals surface area contributed by atoms with Gasteiger partial charge in [0.15, 0.2) is 16.4 Å². The summed E-state index contributed by atoms with van der Waals surface area (Å²) in [6.45, 7) is 2.27. The van der Waals surface area contributed by atoms with Crippen LogP contribution in [-0.2, 0) is 14.6 Å². The first-order chi connectivity index (χ1) is 10.8. The average molecular weight is 380 g/mol. The smallest absolute Gasteiger partial charge is 0.260 e. The van der Waals surface area contributed by atoms with Crippen LogP contribution in [0.4, 0.5) is 0 Å². The van der Waals surface area contributed by atoms with E-state index in [0.717, 1.165) is 6.42 Å². The van der Waals surface area contributed by atoms with E-state index in [4.69, 9.17) is 27.9 Å². The summed E-state index contributed by atoms with van der Waals surface area (Å²) in [7, 11) is -3.04. The molecule has 0 aliphatic carbocycles. The molecule has 1 amide bonds. The lowest BCUT2D eigenvalue weighted by Gasteiger charge is -2.28. The Kier molecular flexibility index (Phi) is 6.17. The molecule has 0 saturated carbocycles. The Morgan fingerprint density at radius 1 is 1.39 bits per heavy atom. The van der Waals surface area contributed by atoms with Crippen molar-refractivity contribution in [2.24, 2.45) is 0 Å². The van der Waals surface area contributed by atoms with Crippen molar-refractivity contribution >= 4 is 38.9 Å². The summed E-state index contributed by atoms with van der Waals surface area (Å²) in [5.41, 5.74) is 0. The summed E-state index contributed by atoms with van der Waals surface area (Å²) in [6, 6.07) is 4.50. The number of rotatable bonds is 6. The molecule has 8 heteroatoms. The van der Waals surface area contributed by atoms with E-state index in [1.165, 1.54) is 6.07 Å². The van der Waals surface area contributed by atoms with Crippen LogP contribution in [0, 0.1) is 0 Å². The molecule has 0 aromatic heterocycles. The molecule has 1 aromatic carbocycles. The van der Waals surface area contributed by atoms with Gasteiger partial charge in [-0.2, -0.15) is 0 Å². The van der Waals surface area contributed by atoms with E-state index in [1.807, 2.05) is 6.92 Å². The number of nitrogens with zero attached hydrogens (tertiary/aromatic N) is 1. The zero-order valence-corrected chi connectivity index (χ0v) is 15.1. The molecule has 1 heterocycles. The number of hydrogen-bond donors (Lipinski definition) is 0. The van der Waals surface area contributed by atoms with Crippen molar-refractivity contribution in [2.75, 3.05) is 24.7 Å². The van der Waals surface area contributed by atoms with Crippen molar-refractivity contribution in [3.05, 3.63) is 28.2 Å². The van der Waals surface area contributed by atoms with Gasteiger partial charge in [-0.25, -0.2) is 8.42 Å². The van der Waals surface area contributed by atoms with E-state index in [2.05, 4.69) is 0 Å². The van der Waals surface area contributed by atoms with Gasteiger partial charge in [-0.3, -0.25) is 4.79 Å². The van der Waals surface area contributed by atoms with Crippen LogP contribution in [0.5, 0.6) is 5.75 Å². The second-order valence-electron chi connectivity index (χ2n) is 5.51. The average Bonchev–Trinajstić information content (AvgIpc) is 2.83. The van der Waals surface area contributed by atoms with Gasteiger partial charge in [-0.15, -0.1) is 0 Å². The van der Waals surface area contributed by atoms with E-state index in [0.29, 0.717) is 28.8 Å². The fourth-order valence-electron chi connectivity index (χ4n) is 2.59. The normalized spacial score (nSPS) is 19.5. The third kappa shape index (κ3) is 4.99. The van der Waals surface area contributed by atoms with Gasteiger partial charge in [0.05, 0.1) is 16.5 Å². The molecule has 1 atom stereocenters. The largest absolute Gasteiger partial charge is 0.482 e. The molecule has 1 fully saturated rings. The predicted octanol–water partition coefficient (Wildman–Crippen LogP) is 2.80. The molecule has 2 rings (SSSR count). The monoisotopic (exact) mass is 379 g/mol. The molecule has 0 bridgehead atoms. The van der Waals surface area contributed by atoms with Crippen LogP contribution < -0.4 is 4.74 Å². The van der Waals surface area contributed by atoms with E-state index < -0.39 is 9.84 Å². The minimum absolute atomic E-state index is 0.0282. The first-order valence-electron chi connectivity index (χ1n) is 7.40. The topological polar surface area (TPSA) is 63.7 Å². The minimum Gasteiger partial charge on any atom is -0.482 e. The van der Waals surface area contributed by atoms with Gasteiger partial charge < -0.3 is 9.64 Å². The number of amides is 1. The van der Waals surface area contributed by atoms with Crippen LogP contribution in [0.3, 0.4) is 0 Å². The fraction of sp³-hybridized carbons (Fsp3) is 0.533. The van der Waals surface area contributed by atoms with Crippen LogP contribution in [0.15, 0.2) is 18.2 Å². The van der Waals surface area contributed by atoms with Gasteiger partial charge in [-0.1, -0.05) is 30.1 Å². The Morgan fingerprint density at radius 3 is 2.70 bits per heavy atom. The van der Waals surface area contributed by atoms with Gasteiger partial charge in [0.25, 0.3) is 5.91 Å². The zero-order valence-electron chi connectivity index (χ0n) is 12.8. The molecular formula is C15H19Cl2NO4S. The molecule has 0 N–H and O–H groups in total. The van der Waals surface area contributed by atoms with Crippen molar-refractivity contribution < 1.29 is 17.9 Å². The zero-order chi connectivity index (χ0) is 17.0. The fourth-order valence-corrected chi connectivity index (χ4v) is 4.78. The van der Waals surface area contributed by atoms with Crippen LogP contribution in [0.1, 0.15) is 19.8 Å². The van der Waals surface area contributed by atoms with Crippen LogP contribution in [-0.4, -0.2) is 49.9 Å². The van der Waals surface area contributed by atoms with Crippen LogP contribution in [0.2, 0.25) is 10.0 Å². The number of benzene rings is 1. The lowest BCUT2D eigenvalue weighted by Crippen LogP contribution is -2.44. The van der Waals surface area contributed by atoms with Gasteiger partial charge in [0, 0.05) is 17.6 Å². The molecule has 0 spiro atoms. The number of carbonyl (C=O) groups excluding carboxylic acids is 1. The highest BCUT2D eigenvalue weighted by Crippen LogP contribution is 2.27. The Hall–Kier alpha value is -0.980. The maximum atomic E-state index is 12.4. The van der Waals surface area contributed by atoms with Crippen molar-refractivity contribution in [1.82, 2.24) is 4.90 Å². The molecule has 1 aromatic rings. The van der Waals surface area contributed by atoms with Gasteiger partial charge in [-0.05, 0) is 31.0 Å². The molecule has 1 unspecified atom stereocenters. The summed E-state index contributed by atoms with van der Waals surface area (Å²) >= 11 is 11.8. The summed E-state index contributed by atoms with van der Waals surface area (Å²) < 4.78 is 28.7. The molecular weight excluding hydrogens is 361 g/mol. The molecule has 0 radical (unpaired) electrons. The van der Waals surface area contributed by atoms with Crippen molar-refractivity contribution in [2.45, 2.75) is 25.8 Å². The minimum atomic E-state index is -3.04. The second-order valence-corrected chi connectivity index (χ2v) is 8.58. The number of ether oxygens (including phenoxy) is 1. The highest BCUT2D eigenvalue weighted by Gasteiger charge is 2.34. The molecule has 5 nitrogen and oxygen atoms in total. The molecule has 1 aliphatic rings. The maximum absolute atomic E-state index is 12.4. The molecule has 1 saturated heterocycles. The Labute approximate surface area is 146 Å². The summed E-state index contributed by atoms with van der Waals surface area (Å²) in [6.07, 6.45) is 1.24. The first kappa shape index (κ1) is 18.4. The van der Waals surface area contributed by atoms with Gasteiger partial charge >= 0.3 is 0 Å². The molecule has 1 aliphatic heterocycles. The van der Waals surface area contributed by atoms with Crippen LogP contribution in [0.25, 0.3) is 0 Å². The van der Waals surface area contributed by atoms with E-state index in [-0.39, 0.29) is 30.1 Å². The van der Waals surface area contributed by atoms with E-state index in [9.17, 15) is 13.2 Å². The van der Waals surface area contributed by atoms with Crippen LogP contribution >= 0.6 is 23.2 Å². The Morgan fingerprint density at radius 2 is 2.13 bits per heavy atom. The highest BCUT2D eigenvalue weighted by atomic mass is 35.5. The third-order valence-electron chi connectivity index (χ3n) is 3.68. The van der Waals surface area contributed by atoms with E-state index >= 15 is 0 Å². The lowest BCUT2D eigenvalue weighted by atomic mass is 10.2. The van der Waals surface area contributed by atoms with Gasteiger partial charge in [0.2, 0.25) is 0 Å². The molecule has 128 valence electrons. The third-order valence-corrected chi connectivity index (χ3v) is 5.96. The lowest BCUT2D eigenvalue weighted by molar-refractivity contribution is -0.135. The molecule has 23 heavy (non-hydrogen) atoms. The van der Waals surface area contributed by atoms with Crippen molar-refractivity contribution in [1.29, 1.82) is 0 Å². The van der Waals surface area contributed by atoms with Gasteiger partial charge in [0.1, 0.15) is 5.75 Å². The number of hydrogen-bond acceptors (Lipinski definition) is 4. The second kappa shape index (κ2) is 7.73. The highest BCUT2D eigenvalue weighted by molar-refractivity contribution is 7.91. The number of halogens is 2. The number of carbonyl (C=O) groups is 1. The Bertz CT molecular complexity index is 678. The van der Waals surface area contributed by atoms with Crippen molar-refractivity contribution in [3.8, 4) is 5.75 Å². The SMILES string of the molecule is CCCN(C(=O)COc1ccc(Cl)cc1Cl)C1CCS(=O)(=O)C1. The Balaban J connectivity index is 2.01. The summed E-state index contributed by atoms with van der Waals surface area (Å²) in [4.78, 5) is 14.0. The first-order valence-corrected chi connectivity index (χ1v) is 9.98. The number of sulfone groups is 1. The van der Waals surface area contributed by atoms with E-state index in [1.54, 1.807) is 17.0 Å². The quantitative estimate of drug-likeness (QED) is 0.762. The van der Waals surface area contributed by atoms with Crippen molar-refractivity contribution in [3.63, 3.8) is 0 Å². The standard InChI is InChI=1S/C15H19Cl2NO4S/c1-2-6-18(12-5-7-23(20,21)10-12)15(19)9-22-14-4-3-11(16)8-13(14)17/h3-4,8,12H,2,5-7,9-10H2,1H3. The predicted molar refractivity (Wildman–Crippen MR) is 91.0 cm³/mol. The summed E-state index contributed by atoms with van der Waals surface area (Å²) in [5.74, 6) is 0.301. The summed E-state index contributed by atoms with van der Waals surface area (Å²) in [5, 5.41) is 0.813. The maximum Gasteiger partial charge on any atom is 0.260 e.